The smallest absolute Gasteiger partial charge is 0.0436 e. The second-order valence-corrected chi connectivity index (χ2v) is 9.70. The molecule has 192 valence electrons. The molecule has 0 aromatic carbocycles. The van der Waals surface area contributed by atoms with Gasteiger partial charge in [0.05, 0.1) is 0 Å². The zero-order valence-electron chi connectivity index (χ0n) is 21.2. The fraction of sp³-hybridized carbons (Fsp3) is 0.926. The highest BCUT2D eigenvalue weighted by Crippen LogP contribution is 2.36. The van der Waals surface area contributed by atoms with Gasteiger partial charge in [-0.3, -0.25) is 0 Å². The van der Waals surface area contributed by atoms with E-state index >= 15 is 0 Å². The number of allylic oxidation sites excluding steroid dienone is 2. The normalized spacial score (nSPS) is 13.3. The number of aliphatic hydroxyl groups excluding tert-OH is 3. The Morgan fingerprint density at radius 3 is 1.56 bits per heavy atom. The van der Waals surface area contributed by atoms with E-state index in [1.807, 2.05) is 0 Å². The first-order valence-corrected chi connectivity index (χ1v) is 13.5. The van der Waals surface area contributed by atoms with Crippen LogP contribution in [0, 0.1) is 5.41 Å². The summed E-state index contributed by atoms with van der Waals surface area (Å²) in [6.45, 7) is 4.37. The van der Waals surface area contributed by atoms with Crippen LogP contribution in [-0.2, 0) is 0 Å². The van der Waals surface area contributed by atoms with Gasteiger partial charge in [-0.25, -0.2) is 0 Å². The molecule has 0 amide bonds. The zero-order valence-corrected chi connectivity index (χ0v) is 21.2. The Morgan fingerprint density at radius 1 is 0.656 bits per heavy atom. The van der Waals surface area contributed by atoms with Crippen molar-refractivity contribution in [2.75, 3.05) is 32.9 Å². The summed E-state index contributed by atoms with van der Waals surface area (Å²) in [5.41, 5.74) is 5.51. The van der Waals surface area contributed by atoms with E-state index in [0.717, 1.165) is 25.9 Å². The van der Waals surface area contributed by atoms with Gasteiger partial charge in [-0.05, 0) is 76.7 Å². The molecular weight excluding hydrogens is 400 g/mol. The molecule has 6 N–H and O–H groups in total. The van der Waals surface area contributed by atoms with Gasteiger partial charge in [-0.15, -0.1) is 0 Å². The van der Waals surface area contributed by atoms with Gasteiger partial charge in [0, 0.05) is 32.4 Å². The van der Waals surface area contributed by atoms with Crippen molar-refractivity contribution < 1.29 is 15.3 Å². The molecule has 0 aromatic rings. The number of rotatable bonds is 25. The Morgan fingerprint density at radius 2 is 1.09 bits per heavy atom. The lowest BCUT2D eigenvalue weighted by molar-refractivity contribution is 0.0885. The number of nitrogens with two attached hydrogens (primary N) is 1. The first-order chi connectivity index (χ1) is 15.6. The number of unbranched alkanes of at least 4 members (excludes halogenated alkanes) is 11. The first kappa shape index (κ1) is 31.5. The largest absolute Gasteiger partial charge is 0.396 e. The van der Waals surface area contributed by atoms with Crippen molar-refractivity contribution in [2.45, 2.75) is 122 Å². The van der Waals surface area contributed by atoms with Gasteiger partial charge in [0.15, 0.2) is 0 Å². The quantitative estimate of drug-likeness (QED) is 0.0975. The lowest BCUT2D eigenvalue weighted by atomic mass is 9.74. The summed E-state index contributed by atoms with van der Waals surface area (Å²) < 4.78 is 0. The van der Waals surface area contributed by atoms with Crippen molar-refractivity contribution in [3.63, 3.8) is 0 Å². The van der Waals surface area contributed by atoms with Crippen LogP contribution in [0.4, 0.5) is 0 Å². The molecule has 0 heterocycles. The molecule has 0 saturated heterocycles. The third-order valence-electron chi connectivity index (χ3n) is 6.81. The molecule has 32 heavy (non-hydrogen) atoms. The van der Waals surface area contributed by atoms with Crippen LogP contribution in [0.15, 0.2) is 12.2 Å². The SMILES string of the molecule is CC(CN)NCCCCCCCCC=CCCCCCCCC(CCO)(CCO)CCO. The maximum atomic E-state index is 9.35. The topological polar surface area (TPSA) is 98.7 Å². The average Bonchev–Trinajstić information content (AvgIpc) is 2.78. The van der Waals surface area contributed by atoms with Crippen molar-refractivity contribution in [3.8, 4) is 0 Å². The summed E-state index contributed by atoms with van der Waals surface area (Å²) >= 11 is 0. The van der Waals surface area contributed by atoms with Crippen LogP contribution in [0.25, 0.3) is 0 Å². The monoisotopic (exact) mass is 456 g/mol. The second-order valence-electron chi connectivity index (χ2n) is 9.70. The summed E-state index contributed by atoms with van der Waals surface area (Å²) in [7, 11) is 0. The summed E-state index contributed by atoms with van der Waals surface area (Å²) in [4.78, 5) is 0. The van der Waals surface area contributed by atoms with E-state index in [1.54, 1.807) is 0 Å². The van der Waals surface area contributed by atoms with E-state index < -0.39 is 0 Å². The Balaban J connectivity index is 3.50. The molecule has 0 saturated carbocycles. The number of hydrogen-bond donors (Lipinski definition) is 5. The number of hydrogen-bond acceptors (Lipinski definition) is 5. The highest BCUT2D eigenvalue weighted by atomic mass is 16.3. The molecule has 0 fully saturated rings. The fourth-order valence-corrected chi connectivity index (χ4v) is 4.52. The van der Waals surface area contributed by atoms with Gasteiger partial charge in [-0.2, -0.15) is 0 Å². The average molecular weight is 457 g/mol. The van der Waals surface area contributed by atoms with Crippen LogP contribution in [0.5, 0.6) is 0 Å². The maximum absolute atomic E-state index is 9.35. The second kappa shape index (κ2) is 23.7. The highest BCUT2D eigenvalue weighted by molar-refractivity contribution is 4.81. The lowest BCUT2D eigenvalue weighted by Crippen LogP contribution is -2.33. The molecule has 0 spiro atoms. The van der Waals surface area contributed by atoms with E-state index in [2.05, 4.69) is 24.4 Å². The number of aliphatic hydroxyl groups is 3. The maximum Gasteiger partial charge on any atom is 0.0436 e. The Bertz CT molecular complexity index is 387. The van der Waals surface area contributed by atoms with E-state index in [9.17, 15) is 15.3 Å². The molecule has 0 aromatic heterocycles. The highest BCUT2D eigenvalue weighted by Gasteiger charge is 2.27. The van der Waals surface area contributed by atoms with Gasteiger partial charge in [0.2, 0.25) is 0 Å². The van der Waals surface area contributed by atoms with Crippen LogP contribution in [0.3, 0.4) is 0 Å². The fourth-order valence-electron chi connectivity index (χ4n) is 4.52. The van der Waals surface area contributed by atoms with Crippen molar-refractivity contribution in [1.29, 1.82) is 0 Å². The van der Waals surface area contributed by atoms with Crippen molar-refractivity contribution in [1.82, 2.24) is 5.32 Å². The van der Waals surface area contributed by atoms with Gasteiger partial charge in [0.1, 0.15) is 0 Å². The standard InChI is InChI=1S/C27H56N2O3/c1-26(25-28)29-21-16-14-12-10-8-6-4-2-3-5-7-9-11-13-15-17-27(18-22-30,19-23-31)20-24-32/h2-3,26,29-32H,4-25,28H2,1H3. The molecule has 5 heteroatoms. The molecular formula is C27H56N2O3. The summed E-state index contributed by atoms with van der Waals surface area (Å²) in [5.74, 6) is 0. The van der Waals surface area contributed by atoms with Gasteiger partial charge >= 0.3 is 0 Å². The zero-order chi connectivity index (χ0) is 23.8. The third kappa shape index (κ3) is 19.0. The molecule has 0 rings (SSSR count). The van der Waals surface area contributed by atoms with Crippen LogP contribution < -0.4 is 11.1 Å². The molecule has 5 nitrogen and oxygen atoms in total. The molecule has 1 atom stereocenters. The summed E-state index contributed by atoms with van der Waals surface area (Å²) in [6, 6.07) is 0.444. The van der Waals surface area contributed by atoms with Crippen LogP contribution >= 0.6 is 0 Å². The molecule has 0 aliphatic rings. The minimum Gasteiger partial charge on any atom is -0.396 e. The molecule has 0 bridgehead atoms. The Kier molecular flexibility index (Phi) is 23.3. The van der Waals surface area contributed by atoms with Gasteiger partial charge < -0.3 is 26.4 Å². The van der Waals surface area contributed by atoms with Gasteiger partial charge in [-0.1, -0.05) is 63.5 Å². The molecule has 0 radical (unpaired) electrons. The minimum atomic E-state index is -0.0820. The van der Waals surface area contributed by atoms with E-state index in [4.69, 9.17) is 5.73 Å². The first-order valence-electron chi connectivity index (χ1n) is 13.5. The van der Waals surface area contributed by atoms with Crippen LogP contribution in [-0.4, -0.2) is 54.3 Å². The minimum absolute atomic E-state index is 0.0820. The predicted octanol–water partition coefficient (Wildman–Crippen LogP) is 5.07. The Labute approximate surface area is 199 Å². The van der Waals surface area contributed by atoms with E-state index in [-0.39, 0.29) is 25.2 Å². The van der Waals surface area contributed by atoms with Crippen LogP contribution in [0.1, 0.15) is 116 Å². The molecule has 0 aliphatic carbocycles. The predicted molar refractivity (Wildman–Crippen MR) is 138 cm³/mol. The van der Waals surface area contributed by atoms with Crippen molar-refractivity contribution in [3.05, 3.63) is 12.2 Å². The van der Waals surface area contributed by atoms with Gasteiger partial charge in [0.25, 0.3) is 0 Å². The van der Waals surface area contributed by atoms with Crippen molar-refractivity contribution >= 4 is 0 Å². The Hall–Kier alpha value is -0.460. The van der Waals surface area contributed by atoms with E-state index in [0.29, 0.717) is 25.3 Å². The summed E-state index contributed by atoms with van der Waals surface area (Å²) in [5, 5.41) is 31.5. The summed E-state index contributed by atoms with van der Waals surface area (Å²) in [6.07, 6.45) is 24.3. The third-order valence-corrected chi connectivity index (χ3v) is 6.81. The van der Waals surface area contributed by atoms with Crippen molar-refractivity contribution in [2.24, 2.45) is 11.1 Å². The van der Waals surface area contributed by atoms with E-state index in [1.165, 1.54) is 77.0 Å². The lowest BCUT2D eigenvalue weighted by Gasteiger charge is -2.32. The molecule has 1 unspecified atom stereocenters. The van der Waals surface area contributed by atoms with Crippen LogP contribution in [0.2, 0.25) is 0 Å². The number of nitrogens with one attached hydrogen (secondary N) is 1. The molecule has 0 aliphatic heterocycles.